The number of hydrogen-bond donors (Lipinski definition) is 2. The van der Waals surface area contributed by atoms with Crippen LogP contribution >= 0.6 is 11.3 Å². The van der Waals surface area contributed by atoms with Gasteiger partial charge < -0.3 is 9.84 Å². The quantitative estimate of drug-likeness (QED) is 0.844. The van der Waals surface area contributed by atoms with Gasteiger partial charge >= 0.3 is 0 Å². The lowest BCUT2D eigenvalue weighted by Crippen LogP contribution is -2.11. The molecule has 20 heavy (non-hydrogen) atoms. The lowest BCUT2D eigenvalue weighted by molar-refractivity contribution is 0.102. The van der Waals surface area contributed by atoms with Crippen molar-refractivity contribution in [1.29, 1.82) is 0 Å². The Morgan fingerprint density at radius 1 is 1.45 bits per heavy atom. The maximum Gasteiger partial charge on any atom is 0.257 e. The van der Waals surface area contributed by atoms with Gasteiger partial charge in [-0.25, -0.2) is 4.98 Å². The first-order chi connectivity index (χ1) is 9.72. The zero-order chi connectivity index (χ0) is 14.4. The molecule has 1 aromatic carbocycles. The number of carbonyl (C=O) groups is 1. The number of benzene rings is 1. The standard InChI is InChI=1S/C14H12N2O3S/c1-19-11-6-4-10(5-7-11)13(18)16-14-15-9-12(20-14)3-2-8-17/h4-7,9,17H,8H2,1H3,(H,15,16,18). The van der Waals surface area contributed by atoms with Crippen LogP contribution < -0.4 is 10.1 Å². The van der Waals surface area contributed by atoms with Crippen LogP contribution in [0.15, 0.2) is 30.5 Å². The highest BCUT2D eigenvalue weighted by molar-refractivity contribution is 7.16. The van der Waals surface area contributed by atoms with E-state index in [0.29, 0.717) is 21.3 Å². The largest absolute Gasteiger partial charge is 0.497 e. The average molecular weight is 288 g/mol. The molecule has 1 heterocycles. The van der Waals surface area contributed by atoms with Gasteiger partial charge in [0.2, 0.25) is 0 Å². The highest BCUT2D eigenvalue weighted by Crippen LogP contribution is 2.18. The molecule has 0 atom stereocenters. The number of ether oxygens (including phenoxy) is 1. The van der Waals surface area contributed by atoms with E-state index in [4.69, 9.17) is 9.84 Å². The minimum atomic E-state index is -0.247. The molecule has 2 aromatic rings. The molecule has 0 aliphatic carbocycles. The second kappa shape index (κ2) is 6.70. The number of aliphatic hydroxyl groups is 1. The van der Waals surface area contributed by atoms with Gasteiger partial charge in [0, 0.05) is 5.56 Å². The molecule has 2 N–H and O–H groups in total. The van der Waals surface area contributed by atoms with Crippen LogP contribution in [0, 0.1) is 11.8 Å². The van der Waals surface area contributed by atoms with Crippen molar-refractivity contribution >= 4 is 22.4 Å². The summed E-state index contributed by atoms with van der Waals surface area (Å²) in [4.78, 5) is 16.7. The van der Waals surface area contributed by atoms with Gasteiger partial charge in [0.25, 0.3) is 5.91 Å². The third kappa shape index (κ3) is 3.57. The molecular formula is C14H12N2O3S. The maximum atomic E-state index is 12.0. The maximum absolute atomic E-state index is 12.0. The van der Waals surface area contributed by atoms with Crippen LogP contribution in [0.2, 0.25) is 0 Å². The highest BCUT2D eigenvalue weighted by atomic mass is 32.1. The Balaban J connectivity index is 2.05. The summed E-state index contributed by atoms with van der Waals surface area (Å²) in [7, 11) is 1.57. The first-order valence-corrected chi connectivity index (χ1v) is 6.55. The zero-order valence-electron chi connectivity index (χ0n) is 10.7. The summed E-state index contributed by atoms with van der Waals surface area (Å²) >= 11 is 1.25. The molecule has 0 unspecified atom stereocenters. The Bertz CT molecular complexity index is 653. The van der Waals surface area contributed by atoms with E-state index >= 15 is 0 Å². The number of anilines is 1. The number of nitrogens with zero attached hydrogens (tertiary/aromatic N) is 1. The van der Waals surface area contributed by atoms with E-state index in [2.05, 4.69) is 22.1 Å². The minimum absolute atomic E-state index is 0.203. The number of methoxy groups -OCH3 is 1. The molecule has 1 amide bonds. The van der Waals surface area contributed by atoms with Crippen LogP contribution in [0.25, 0.3) is 0 Å². The molecule has 0 spiro atoms. The van der Waals surface area contributed by atoms with Gasteiger partial charge in [0.1, 0.15) is 12.4 Å². The molecule has 0 radical (unpaired) electrons. The number of thiazole rings is 1. The first kappa shape index (κ1) is 14.1. The molecule has 0 bridgehead atoms. The van der Waals surface area contributed by atoms with Crippen LogP contribution in [-0.4, -0.2) is 29.7 Å². The van der Waals surface area contributed by atoms with Gasteiger partial charge in [0.15, 0.2) is 5.13 Å². The van der Waals surface area contributed by atoms with Gasteiger partial charge in [-0.1, -0.05) is 23.2 Å². The summed E-state index contributed by atoms with van der Waals surface area (Å²) < 4.78 is 5.03. The number of hydrogen-bond acceptors (Lipinski definition) is 5. The topological polar surface area (TPSA) is 71.5 Å². The summed E-state index contributed by atoms with van der Waals surface area (Å²) in [5.74, 6) is 5.70. The highest BCUT2D eigenvalue weighted by Gasteiger charge is 2.08. The molecular weight excluding hydrogens is 276 g/mol. The van der Waals surface area contributed by atoms with Crippen molar-refractivity contribution in [3.8, 4) is 17.6 Å². The van der Waals surface area contributed by atoms with Gasteiger partial charge in [-0.3, -0.25) is 10.1 Å². The van der Waals surface area contributed by atoms with Gasteiger partial charge in [0.05, 0.1) is 18.2 Å². The number of nitrogens with one attached hydrogen (secondary N) is 1. The Morgan fingerprint density at radius 3 is 2.85 bits per heavy atom. The second-order valence-electron chi connectivity index (χ2n) is 3.67. The van der Waals surface area contributed by atoms with Crippen molar-refractivity contribution in [1.82, 2.24) is 4.98 Å². The third-order valence-corrected chi connectivity index (χ3v) is 3.20. The van der Waals surface area contributed by atoms with Crippen LogP contribution in [0.3, 0.4) is 0 Å². The average Bonchev–Trinajstić information content (AvgIpc) is 2.92. The van der Waals surface area contributed by atoms with E-state index < -0.39 is 0 Å². The van der Waals surface area contributed by atoms with Crippen LogP contribution in [0.4, 0.5) is 5.13 Å². The Hall–Kier alpha value is -2.36. The fraction of sp³-hybridized carbons (Fsp3) is 0.143. The number of amides is 1. The summed E-state index contributed by atoms with van der Waals surface area (Å²) in [6.45, 7) is -0.203. The van der Waals surface area contributed by atoms with Crippen LogP contribution in [0.1, 0.15) is 15.2 Å². The Kier molecular flexibility index (Phi) is 4.71. The monoisotopic (exact) mass is 288 g/mol. The molecule has 0 aliphatic heterocycles. The Morgan fingerprint density at radius 2 is 2.20 bits per heavy atom. The predicted molar refractivity (Wildman–Crippen MR) is 77.0 cm³/mol. The van der Waals surface area contributed by atoms with E-state index in [9.17, 15) is 4.79 Å². The SMILES string of the molecule is COc1ccc(C(=O)Nc2ncc(C#CCO)s2)cc1. The Labute approximate surface area is 120 Å². The van der Waals surface area contributed by atoms with E-state index in [1.807, 2.05) is 0 Å². The smallest absolute Gasteiger partial charge is 0.257 e. The molecule has 0 saturated carbocycles. The number of rotatable bonds is 3. The van der Waals surface area contributed by atoms with Crippen molar-refractivity contribution in [2.75, 3.05) is 19.0 Å². The summed E-state index contributed by atoms with van der Waals surface area (Å²) in [6, 6.07) is 6.78. The molecule has 1 aromatic heterocycles. The van der Waals surface area contributed by atoms with Crippen LogP contribution in [-0.2, 0) is 0 Å². The normalized spacial score (nSPS) is 9.50. The van der Waals surface area contributed by atoms with Crippen molar-refractivity contribution in [2.24, 2.45) is 0 Å². The summed E-state index contributed by atoms with van der Waals surface area (Å²) in [6.07, 6.45) is 1.55. The molecule has 5 nitrogen and oxygen atoms in total. The first-order valence-electron chi connectivity index (χ1n) is 5.74. The zero-order valence-corrected chi connectivity index (χ0v) is 11.5. The van der Waals surface area contributed by atoms with E-state index in [1.54, 1.807) is 37.6 Å². The van der Waals surface area contributed by atoms with Gasteiger partial charge in [-0.15, -0.1) is 0 Å². The minimum Gasteiger partial charge on any atom is -0.497 e. The molecule has 0 fully saturated rings. The van der Waals surface area contributed by atoms with Gasteiger partial charge in [-0.2, -0.15) is 0 Å². The van der Waals surface area contributed by atoms with Gasteiger partial charge in [-0.05, 0) is 24.3 Å². The van der Waals surface area contributed by atoms with Crippen molar-refractivity contribution < 1.29 is 14.6 Å². The van der Waals surface area contributed by atoms with Crippen molar-refractivity contribution in [3.63, 3.8) is 0 Å². The lowest BCUT2D eigenvalue weighted by atomic mass is 10.2. The van der Waals surface area contributed by atoms with Crippen molar-refractivity contribution in [2.45, 2.75) is 0 Å². The molecule has 6 heteroatoms. The van der Waals surface area contributed by atoms with E-state index in [0.717, 1.165) is 0 Å². The molecule has 0 saturated heterocycles. The molecule has 102 valence electrons. The van der Waals surface area contributed by atoms with E-state index in [1.165, 1.54) is 11.3 Å². The van der Waals surface area contributed by atoms with E-state index in [-0.39, 0.29) is 12.5 Å². The summed E-state index contributed by atoms with van der Waals surface area (Å²) in [5.41, 5.74) is 0.518. The van der Waals surface area contributed by atoms with Crippen molar-refractivity contribution in [3.05, 3.63) is 40.9 Å². The fourth-order valence-corrected chi connectivity index (χ4v) is 2.11. The summed E-state index contributed by atoms with van der Waals surface area (Å²) in [5, 5.41) is 11.8. The number of aliphatic hydroxyl groups excluding tert-OH is 1. The lowest BCUT2D eigenvalue weighted by Gasteiger charge is -2.03. The molecule has 2 rings (SSSR count). The number of aromatic nitrogens is 1. The third-order valence-electron chi connectivity index (χ3n) is 2.37. The van der Waals surface area contributed by atoms with Crippen LogP contribution in [0.5, 0.6) is 5.75 Å². The second-order valence-corrected chi connectivity index (χ2v) is 4.70. The fourth-order valence-electron chi connectivity index (χ4n) is 1.43. The number of carbonyl (C=O) groups excluding carboxylic acids is 1. The molecule has 0 aliphatic rings. The predicted octanol–water partition coefficient (Wildman–Crippen LogP) is 1.75.